The molecule has 110 valence electrons. The molecule has 0 unspecified atom stereocenters. The molecule has 0 amide bonds. The Balaban J connectivity index is 1.97. The Morgan fingerprint density at radius 3 is 2.90 bits per heavy atom. The molecule has 3 rings (SSSR count). The molecule has 0 aliphatic carbocycles. The molecule has 0 radical (unpaired) electrons. The minimum Gasteiger partial charge on any atom is -0.311 e. The third-order valence-corrected chi connectivity index (χ3v) is 4.05. The van der Waals surface area contributed by atoms with Crippen LogP contribution in [0, 0.1) is 0 Å². The molecule has 2 heterocycles. The van der Waals surface area contributed by atoms with Gasteiger partial charge in [-0.1, -0.05) is 37.6 Å². The maximum atomic E-state index is 6.06. The van der Waals surface area contributed by atoms with Crippen molar-refractivity contribution in [3.05, 3.63) is 57.6 Å². The number of hydrogen-bond donors (Lipinski definition) is 1. The van der Waals surface area contributed by atoms with Crippen molar-refractivity contribution in [1.82, 2.24) is 15.3 Å². The first-order chi connectivity index (χ1) is 10.1. The molecule has 0 saturated carbocycles. The van der Waals surface area contributed by atoms with Crippen LogP contribution in [0.2, 0.25) is 5.02 Å². The van der Waals surface area contributed by atoms with Crippen molar-refractivity contribution in [1.29, 1.82) is 0 Å². The van der Waals surface area contributed by atoms with Crippen LogP contribution in [0.25, 0.3) is 0 Å². The van der Waals surface area contributed by atoms with Gasteiger partial charge in [0.15, 0.2) is 0 Å². The first kappa shape index (κ1) is 14.5. The molecule has 21 heavy (non-hydrogen) atoms. The number of benzene rings is 1. The zero-order valence-electron chi connectivity index (χ0n) is 12.5. The van der Waals surface area contributed by atoms with Crippen LogP contribution in [-0.4, -0.2) is 16.5 Å². The molecule has 1 N–H and O–H groups in total. The highest BCUT2D eigenvalue weighted by Crippen LogP contribution is 2.23. The SMILES string of the molecule is CC(C)c1nc(Cc2cccc(Cl)c2)nc2c1CCNC2. The molecule has 0 fully saturated rings. The highest BCUT2D eigenvalue weighted by molar-refractivity contribution is 6.30. The molecule has 0 spiro atoms. The number of nitrogens with one attached hydrogen (secondary N) is 1. The summed E-state index contributed by atoms with van der Waals surface area (Å²) in [5.41, 5.74) is 4.87. The molecule has 0 saturated heterocycles. The molecule has 1 aromatic heterocycles. The van der Waals surface area contributed by atoms with Crippen LogP contribution in [0.15, 0.2) is 24.3 Å². The molecule has 0 bridgehead atoms. The van der Waals surface area contributed by atoms with Crippen LogP contribution in [0.1, 0.15) is 48.1 Å². The average Bonchev–Trinajstić information content (AvgIpc) is 2.46. The standard InChI is InChI=1S/C17H20ClN3/c1-11(2)17-14-6-7-19-10-15(14)20-16(21-17)9-12-4-3-5-13(18)8-12/h3-5,8,11,19H,6-7,9-10H2,1-2H3. The number of nitrogens with zero attached hydrogens (tertiary/aromatic N) is 2. The third kappa shape index (κ3) is 3.25. The predicted octanol–water partition coefficient (Wildman–Crippen LogP) is 3.49. The van der Waals surface area contributed by atoms with Gasteiger partial charge in [-0.3, -0.25) is 0 Å². The van der Waals surface area contributed by atoms with Gasteiger partial charge in [0.25, 0.3) is 0 Å². The second kappa shape index (κ2) is 6.12. The zero-order valence-corrected chi connectivity index (χ0v) is 13.2. The largest absolute Gasteiger partial charge is 0.311 e. The van der Waals surface area contributed by atoms with Crippen LogP contribution < -0.4 is 5.32 Å². The van der Waals surface area contributed by atoms with Gasteiger partial charge < -0.3 is 5.32 Å². The van der Waals surface area contributed by atoms with Crippen LogP contribution in [0.3, 0.4) is 0 Å². The summed E-state index contributed by atoms with van der Waals surface area (Å²) in [5, 5.41) is 4.16. The fourth-order valence-corrected chi connectivity index (χ4v) is 3.04. The molecular weight excluding hydrogens is 282 g/mol. The normalized spacial score (nSPS) is 14.3. The molecule has 1 aliphatic rings. The van der Waals surface area contributed by atoms with Gasteiger partial charge in [-0.25, -0.2) is 9.97 Å². The van der Waals surface area contributed by atoms with Gasteiger partial charge in [0.05, 0.1) is 11.4 Å². The fraction of sp³-hybridized carbons (Fsp3) is 0.412. The first-order valence-electron chi connectivity index (χ1n) is 7.47. The Kier molecular flexibility index (Phi) is 4.22. The third-order valence-electron chi connectivity index (χ3n) is 3.81. The second-order valence-electron chi connectivity index (χ2n) is 5.84. The lowest BCUT2D eigenvalue weighted by Gasteiger charge is -2.21. The van der Waals surface area contributed by atoms with Gasteiger partial charge in [0.2, 0.25) is 0 Å². The highest BCUT2D eigenvalue weighted by atomic mass is 35.5. The van der Waals surface area contributed by atoms with E-state index >= 15 is 0 Å². The summed E-state index contributed by atoms with van der Waals surface area (Å²) in [5.74, 6) is 1.32. The van der Waals surface area contributed by atoms with Gasteiger partial charge in [-0.15, -0.1) is 0 Å². The Bertz CT molecular complexity index is 652. The highest BCUT2D eigenvalue weighted by Gasteiger charge is 2.19. The number of halogens is 1. The van der Waals surface area contributed by atoms with Crippen molar-refractivity contribution in [2.24, 2.45) is 0 Å². The van der Waals surface area contributed by atoms with Crippen LogP contribution in [0.5, 0.6) is 0 Å². The molecule has 1 aliphatic heterocycles. The molecule has 0 atom stereocenters. The summed E-state index contributed by atoms with van der Waals surface area (Å²) in [6.45, 7) is 6.27. The molecular formula is C17H20ClN3. The summed E-state index contributed by atoms with van der Waals surface area (Å²) < 4.78 is 0. The van der Waals surface area contributed by atoms with E-state index in [1.807, 2.05) is 18.2 Å². The van der Waals surface area contributed by atoms with E-state index in [0.29, 0.717) is 5.92 Å². The topological polar surface area (TPSA) is 37.8 Å². The molecule has 1 aromatic carbocycles. The second-order valence-corrected chi connectivity index (χ2v) is 6.27. The van der Waals surface area contributed by atoms with E-state index < -0.39 is 0 Å². The maximum Gasteiger partial charge on any atom is 0.133 e. The predicted molar refractivity (Wildman–Crippen MR) is 85.8 cm³/mol. The Hall–Kier alpha value is -1.45. The van der Waals surface area contributed by atoms with Crippen LogP contribution in [0.4, 0.5) is 0 Å². The van der Waals surface area contributed by atoms with Gasteiger partial charge in [-0.2, -0.15) is 0 Å². The van der Waals surface area contributed by atoms with E-state index in [1.165, 1.54) is 11.3 Å². The smallest absolute Gasteiger partial charge is 0.133 e. The minimum atomic E-state index is 0.429. The molecule has 2 aromatic rings. The summed E-state index contributed by atoms with van der Waals surface area (Å²) in [7, 11) is 0. The van der Waals surface area contributed by atoms with Crippen molar-refractivity contribution in [2.45, 2.75) is 39.2 Å². The lowest BCUT2D eigenvalue weighted by molar-refractivity contribution is 0.601. The number of aromatic nitrogens is 2. The Morgan fingerprint density at radius 1 is 1.29 bits per heavy atom. The fourth-order valence-electron chi connectivity index (χ4n) is 2.83. The Morgan fingerprint density at radius 2 is 2.14 bits per heavy atom. The van der Waals surface area contributed by atoms with Crippen molar-refractivity contribution in [3.63, 3.8) is 0 Å². The zero-order chi connectivity index (χ0) is 14.8. The minimum absolute atomic E-state index is 0.429. The van der Waals surface area contributed by atoms with Gasteiger partial charge in [0.1, 0.15) is 5.82 Å². The first-order valence-corrected chi connectivity index (χ1v) is 7.85. The monoisotopic (exact) mass is 301 g/mol. The van der Waals surface area contributed by atoms with Crippen molar-refractivity contribution < 1.29 is 0 Å². The van der Waals surface area contributed by atoms with Crippen LogP contribution in [-0.2, 0) is 19.4 Å². The van der Waals surface area contributed by atoms with Crippen molar-refractivity contribution in [2.75, 3.05) is 6.54 Å². The van der Waals surface area contributed by atoms with E-state index in [-0.39, 0.29) is 0 Å². The summed E-state index contributed by atoms with van der Waals surface area (Å²) >= 11 is 6.06. The molecule has 4 heteroatoms. The average molecular weight is 302 g/mol. The summed E-state index contributed by atoms with van der Waals surface area (Å²) in [6.07, 6.45) is 1.76. The van der Waals surface area contributed by atoms with Crippen LogP contribution >= 0.6 is 11.6 Å². The van der Waals surface area contributed by atoms with E-state index in [2.05, 4.69) is 25.2 Å². The summed E-state index contributed by atoms with van der Waals surface area (Å²) in [6, 6.07) is 7.92. The number of rotatable bonds is 3. The van der Waals surface area contributed by atoms with Gasteiger partial charge in [0, 0.05) is 18.0 Å². The number of fused-ring (bicyclic) bond motifs is 1. The Labute approximate surface area is 130 Å². The summed E-state index contributed by atoms with van der Waals surface area (Å²) in [4.78, 5) is 9.59. The lowest BCUT2D eigenvalue weighted by Crippen LogP contribution is -2.27. The number of hydrogen-bond acceptors (Lipinski definition) is 3. The van der Waals surface area contributed by atoms with Gasteiger partial charge >= 0.3 is 0 Å². The van der Waals surface area contributed by atoms with Crippen molar-refractivity contribution >= 4 is 11.6 Å². The quantitative estimate of drug-likeness (QED) is 0.943. The van der Waals surface area contributed by atoms with Gasteiger partial charge in [-0.05, 0) is 42.1 Å². The van der Waals surface area contributed by atoms with E-state index in [4.69, 9.17) is 21.6 Å². The maximum absolute atomic E-state index is 6.06. The van der Waals surface area contributed by atoms with Crippen molar-refractivity contribution in [3.8, 4) is 0 Å². The van der Waals surface area contributed by atoms with E-state index in [1.54, 1.807) is 0 Å². The lowest BCUT2D eigenvalue weighted by atomic mass is 9.97. The van der Waals surface area contributed by atoms with E-state index in [9.17, 15) is 0 Å². The molecule has 3 nitrogen and oxygen atoms in total. The van der Waals surface area contributed by atoms with E-state index in [0.717, 1.165) is 48.0 Å².